The molecule has 0 spiro atoms. The van der Waals surface area contributed by atoms with Crippen LogP contribution in [-0.4, -0.2) is 29.1 Å². The molecule has 2 rings (SSSR count). The molecule has 0 fully saturated rings. The van der Waals surface area contributed by atoms with Crippen molar-refractivity contribution in [3.63, 3.8) is 0 Å². The molecule has 0 saturated carbocycles. The molecule has 0 unspecified atom stereocenters. The van der Waals surface area contributed by atoms with Crippen LogP contribution in [0.3, 0.4) is 0 Å². The molecule has 5 heteroatoms. The first-order valence-electron chi connectivity index (χ1n) is 6.64. The van der Waals surface area contributed by atoms with E-state index in [0.717, 1.165) is 30.9 Å². The Bertz CT molecular complexity index is 540. The summed E-state index contributed by atoms with van der Waals surface area (Å²) in [5, 5.41) is 14.9. The quantitative estimate of drug-likeness (QED) is 0.731. The standard InChI is InChI=1S/C15H18N2O2S/c18-15(19)10-13-11-20-14(17-13)7-9-16-8-6-12-4-2-1-3-5-12/h1-5,11,16H,6-10H2,(H,18,19). The second-order valence-corrected chi connectivity index (χ2v) is 5.48. The van der Waals surface area contributed by atoms with E-state index in [4.69, 9.17) is 5.11 Å². The number of aliphatic carboxylic acids is 1. The van der Waals surface area contributed by atoms with Crippen molar-refractivity contribution in [1.82, 2.24) is 10.3 Å². The maximum Gasteiger partial charge on any atom is 0.309 e. The van der Waals surface area contributed by atoms with Crippen molar-refractivity contribution in [2.24, 2.45) is 0 Å². The average molecular weight is 290 g/mol. The molecule has 1 aromatic carbocycles. The van der Waals surface area contributed by atoms with Crippen molar-refractivity contribution in [3.05, 3.63) is 52.0 Å². The Balaban J connectivity index is 1.63. The molecule has 0 saturated heterocycles. The lowest BCUT2D eigenvalue weighted by molar-refractivity contribution is -0.136. The third kappa shape index (κ3) is 5.11. The maximum atomic E-state index is 10.6. The number of carbonyl (C=O) groups is 1. The van der Waals surface area contributed by atoms with Gasteiger partial charge in [0.25, 0.3) is 0 Å². The van der Waals surface area contributed by atoms with Crippen molar-refractivity contribution < 1.29 is 9.90 Å². The normalized spacial score (nSPS) is 10.6. The Labute approximate surface area is 122 Å². The van der Waals surface area contributed by atoms with Gasteiger partial charge >= 0.3 is 5.97 Å². The summed E-state index contributed by atoms with van der Waals surface area (Å²) >= 11 is 1.53. The van der Waals surface area contributed by atoms with E-state index in [0.29, 0.717) is 5.69 Å². The maximum absolute atomic E-state index is 10.6. The van der Waals surface area contributed by atoms with Crippen molar-refractivity contribution in [2.45, 2.75) is 19.3 Å². The van der Waals surface area contributed by atoms with Gasteiger partial charge in [0.2, 0.25) is 0 Å². The van der Waals surface area contributed by atoms with E-state index in [2.05, 4.69) is 34.6 Å². The SMILES string of the molecule is O=C(O)Cc1csc(CCNCCc2ccccc2)n1. The van der Waals surface area contributed by atoms with Crippen molar-refractivity contribution in [1.29, 1.82) is 0 Å². The first-order chi connectivity index (χ1) is 9.74. The lowest BCUT2D eigenvalue weighted by Gasteiger charge is -2.03. The number of benzene rings is 1. The number of nitrogens with zero attached hydrogens (tertiary/aromatic N) is 1. The highest BCUT2D eigenvalue weighted by Crippen LogP contribution is 2.10. The van der Waals surface area contributed by atoms with Crippen LogP contribution in [0.25, 0.3) is 0 Å². The Morgan fingerprint density at radius 1 is 1.20 bits per heavy atom. The van der Waals surface area contributed by atoms with E-state index in [1.54, 1.807) is 0 Å². The number of carboxylic acid groups (broad SMARTS) is 1. The zero-order valence-corrected chi connectivity index (χ0v) is 12.0. The van der Waals surface area contributed by atoms with Crippen molar-refractivity contribution in [2.75, 3.05) is 13.1 Å². The first kappa shape index (κ1) is 14.7. The largest absolute Gasteiger partial charge is 0.481 e. The van der Waals surface area contributed by atoms with Crippen LogP contribution in [0.2, 0.25) is 0 Å². The summed E-state index contributed by atoms with van der Waals surface area (Å²) in [4.78, 5) is 14.9. The van der Waals surface area contributed by atoms with Crippen LogP contribution in [0.15, 0.2) is 35.7 Å². The van der Waals surface area contributed by atoms with Crippen LogP contribution in [0, 0.1) is 0 Å². The highest BCUT2D eigenvalue weighted by Gasteiger charge is 2.05. The number of aromatic nitrogens is 1. The highest BCUT2D eigenvalue weighted by molar-refractivity contribution is 7.09. The van der Waals surface area contributed by atoms with E-state index in [-0.39, 0.29) is 6.42 Å². The summed E-state index contributed by atoms with van der Waals surface area (Å²) in [5.74, 6) is -0.831. The van der Waals surface area contributed by atoms with Gasteiger partial charge in [0, 0.05) is 18.3 Å². The minimum absolute atomic E-state index is 0.0118. The molecule has 20 heavy (non-hydrogen) atoms. The van der Waals surface area contributed by atoms with Gasteiger partial charge in [-0.1, -0.05) is 30.3 Å². The van der Waals surface area contributed by atoms with Crippen LogP contribution < -0.4 is 5.32 Å². The van der Waals surface area contributed by atoms with Gasteiger partial charge in [0.05, 0.1) is 17.1 Å². The Morgan fingerprint density at radius 3 is 2.70 bits per heavy atom. The van der Waals surface area contributed by atoms with E-state index >= 15 is 0 Å². The molecule has 2 N–H and O–H groups in total. The number of hydrogen-bond donors (Lipinski definition) is 2. The summed E-state index contributed by atoms with van der Waals surface area (Å²) in [7, 11) is 0. The van der Waals surface area contributed by atoms with Gasteiger partial charge in [-0.05, 0) is 18.5 Å². The van der Waals surface area contributed by atoms with Crippen LogP contribution in [0.1, 0.15) is 16.3 Å². The molecule has 0 aliphatic rings. The van der Waals surface area contributed by atoms with Gasteiger partial charge in [0.15, 0.2) is 0 Å². The van der Waals surface area contributed by atoms with E-state index in [1.165, 1.54) is 16.9 Å². The predicted molar refractivity (Wildman–Crippen MR) is 80.2 cm³/mol. The number of rotatable bonds is 8. The van der Waals surface area contributed by atoms with Gasteiger partial charge in [-0.2, -0.15) is 0 Å². The smallest absolute Gasteiger partial charge is 0.309 e. The Morgan fingerprint density at radius 2 is 1.95 bits per heavy atom. The summed E-state index contributed by atoms with van der Waals surface area (Å²) in [6.07, 6.45) is 1.87. The molecule has 0 aliphatic carbocycles. The fraction of sp³-hybridized carbons (Fsp3) is 0.333. The summed E-state index contributed by atoms with van der Waals surface area (Å²) in [6, 6.07) is 10.4. The van der Waals surface area contributed by atoms with E-state index < -0.39 is 5.97 Å². The fourth-order valence-electron chi connectivity index (χ4n) is 1.90. The average Bonchev–Trinajstić information content (AvgIpc) is 2.86. The van der Waals surface area contributed by atoms with Gasteiger partial charge in [-0.25, -0.2) is 4.98 Å². The predicted octanol–water partition coefficient (Wildman–Crippen LogP) is 2.15. The lowest BCUT2D eigenvalue weighted by Crippen LogP contribution is -2.20. The number of hydrogen-bond acceptors (Lipinski definition) is 4. The Hall–Kier alpha value is -1.72. The topological polar surface area (TPSA) is 62.2 Å². The fourth-order valence-corrected chi connectivity index (χ4v) is 2.70. The van der Waals surface area contributed by atoms with Gasteiger partial charge in [-0.3, -0.25) is 4.79 Å². The lowest BCUT2D eigenvalue weighted by atomic mass is 10.1. The third-order valence-corrected chi connectivity index (χ3v) is 3.84. The number of thiazole rings is 1. The van der Waals surface area contributed by atoms with Crippen LogP contribution in [-0.2, 0) is 24.1 Å². The minimum Gasteiger partial charge on any atom is -0.481 e. The summed E-state index contributed by atoms with van der Waals surface area (Å²) < 4.78 is 0. The van der Waals surface area contributed by atoms with Gasteiger partial charge < -0.3 is 10.4 Å². The molecule has 0 aliphatic heterocycles. The molecule has 0 amide bonds. The summed E-state index contributed by atoms with van der Waals surface area (Å²) in [5.41, 5.74) is 1.99. The number of carboxylic acids is 1. The molecule has 1 aromatic heterocycles. The van der Waals surface area contributed by atoms with Gasteiger partial charge in [-0.15, -0.1) is 11.3 Å². The molecular formula is C15H18N2O2S. The zero-order chi connectivity index (χ0) is 14.2. The Kier molecular flexibility index (Phi) is 5.70. The first-order valence-corrected chi connectivity index (χ1v) is 7.52. The molecule has 106 valence electrons. The van der Waals surface area contributed by atoms with Crippen molar-refractivity contribution >= 4 is 17.3 Å². The van der Waals surface area contributed by atoms with Crippen molar-refractivity contribution in [3.8, 4) is 0 Å². The molecule has 2 aromatic rings. The molecular weight excluding hydrogens is 272 g/mol. The summed E-state index contributed by atoms with van der Waals surface area (Å²) in [6.45, 7) is 1.81. The van der Waals surface area contributed by atoms with E-state index in [9.17, 15) is 4.79 Å². The monoisotopic (exact) mass is 290 g/mol. The molecule has 0 bridgehead atoms. The van der Waals surface area contributed by atoms with Gasteiger partial charge in [0.1, 0.15) is 0 Å². The second kappa shape index (κ2) is 7.77. The van der Waals surface area contributed by atoms with Crippen LogP contribution in [0.5, 0.6) is 0 Å². The minimum atomic E-state index is -0.831. The van der Waals surface area contributed by atoms with Crippen LogP contribution >= 0.6 is 11.3 Å². The molecule has 0 atom stereocenters. The zero-order valence-electron chi connectivity index (χ0n) is 11.2. The number of nitrogens with one attached hydrogen (secondary N) is 1. The molecule has 4 nitrogen and oxygen atoms in total. The molecule has 0 radical (unpaired) electrons. The third-order valence-electron chi connectivity index (χ3n) is 2.88. The van der Waals surface area contributed by atoms with Crippen LogP contribution in [0.4, 0.5) is 0 Å². The highest BCUT2D eigenvalue weighted by atomic mass is 32.1. The molecule has 1 heterocycles. The van der Waals surface area contributed by atoms with E-state index in [1.807, 2.05) is 11.4 Å². The second-order valence-electron chi connectivity index (χ2n) is 4.54.